The van der Waals surface area contributed by atoms with Crippen LogP contribution in [0.5, 0.6) is 0 Å². The first-order valence-corrected chi connectivity index (χ1v) is 10.3. The minimum atomic E-state index is -1.07. The number of amides is 3. The van der Waals surface area contributed by atoms with Gasteiger partial charge in [0.15, 0.2) is 0 Å². The molecule has 3 aromatic rings. The lowest BCUT2D eigenvalue weighted by molar-refractivity contribution is -0.140. The van der Waals surface area contributed by atoms with Crippen molar-refractivity contribution in [3.8, 4) is 11.1 Å². The molecular formula is C25H24FN3O4. The Labute approximate surface area is 190 Å². The average Bonchev–Trinajstić information content (AvgIpc) is 2.79. The summed E-state index contributed by atoms with van der Waals surface area (Å²) in [5, 5.41) is 17.1. The maximum absolute atomic E-state index is 12.9. The monoisotopic (exact) mass is 449 g/mol. The maximum atomic E-state index is 12.9. The molecule has 33 heavy (non-hydrogen) atoms. The van der Waals surface area contributed by atoms with Crippen LogP contribution >= 0.6 is 0 Å². The molecule has 3 amide bonds. The Morgan fingerprint density at radius 3 is 1.67 bits per heavy atom. The molecule has 0 aliphatic carbocycles. The third-order valence-electron chi connectivity index (χ3n) is 4.94. The van der Waals surface area contributed by atoms with E-state index in [4.69, 9.17) is 0 Å². The van der Waals surface area contributed by atoms with E-state index < -0.39 is 23.9 Å². The van der Waals surface area contributed by atoms with E-state index in [1.165, 1.54) is 24.3 Å². The zero-order chi connectivity index (χ0) is 24.0. The van der Waals surface area contributed by atoms with E-state index in [1.807, 2.05) is 12.1 Å². The van der Waals surface area contributed by atoms with Gasteiger partial charge in [0, 0.05) is 16.9 Å². The van der Waals surface area contributed by atoms with Crippen molar-refractivity contribution in [2.45, 2.75) is 19.9 Å². The van der Waals surface area contributed by atoms with Crippen molar-refractivity contribution >= 4 is 29.3 Å². The van der Waals surface area contributed by atoms with Crippen LogP contribution in [-0.4, -0.2) is 29.1 Å². The molecule has 3 rings (SSSR count). The number of anilines is 2. The highest BCUT2D eigenvalue weighted by molar-refractivity contribution is 6.00. The van der Waals surface area contributed by atoms with Crippen molar-refractivity contribution in [3.63, 3.8) is 0 Å². The number of hydrogen-bond acceptors (Lipinski definition) is 3. The number of halogens is 1. The number of carboxylic acids is 1. The van der Waals surface area contributed by atoms with Gasteiger partial charge in [0.1, 0.15) is 11.9 Å². The highest BCUT2D eigenvalue weighted by atomic mass is 19.1. The van der Waals surface area contributed by atoms with Gasteiger partial charge in [-0.2, -0.15) is 0 Å². The maximum Gasteiger partial charge on any atom is 0.326 e. The summed E-state index contributed by atoms with van der Waals surface area (Å²) in [6.07, 6.45) is 0. The van der Waals surface area contributed by atoms with E-state index in [-0.39, 0.29) is 11.7 Å². The summed E-state index contributed by atoms with van der Waals surface area (Å²) in [5.74, 6) is -2.15. The molecular weight excluding hydrogens is 425 g/mol. The Hall–Kier alpha value is -4.20. The van der Waals surface area contributed by atoms with Gasteiger partial charge in [-0.15, -0.1) is 0 Å². The number of carbonyl (C=O) groups is 3. The number of rotatable bonds is 7. The van der Waals surface area contributed by atoms with Crippen LogP contribution in [0.15, 0.2) is 72.8 Å². The number of aliphatic carboxylic acids is 1. The van der Waals surface area contributed by atoms with Crippen LogP contribution in [0.4, 0.5) is 20.6 Å². The van der Waals surface area contributed by atoms with Crippen molar-refractivity contribution in [1.82, 2.24) is 5.32 Å². The summed E-state index contributed by atoms with van der Waals surface area (Å²) < 4.78 is 12.9. The first kappa shape index (κ1) is 23.5. The summed E-state index contributed by atoms with van der Waals surface area (Å²) in [6.45, 7) is 3.46. The molecule has 4 N–H and O–H groups in total. The molecule has 0 bridgehead atoms. The van der Waals surface area contributed by atoms with Crippen LogP contribution in [-0.2, 0) is 4.79 Å². The van der Waals surface area contributed by atoms with E-state index in [9.17, 15) is 23.9 Å². The normalized spacial score (nSPS) is 11.5. The van der Waals surface area contributed by atoms with E-state index in [1.54, 1.807) is 50.2 Å². The molecule has 8 heteroatoms. The lowest BCUT2D eigenvalue weighted by Crippen LogP contribution is -2.44. The molecule has 0 aromatic heterocycles. The van der Waals surface area contributed by atoms with Crippen LogP contribution in [0.1, 0.15) is 24.2 Å². The summed E-state index contributed by atoms with van der Waals surface area (Å²) in [6, 6.07) is 17.9. The topological polar surface area (TPSA) is 108 Å². The predicted octanol–water partition coefficient (Wildman–Crippen LogP) is 4.98. The van der Waals surface area contributed by atoms with Gasteiger partial charge >= 0.3 is 12.0 Å². The molecule has 0 aliphatic heterocycles. The minimum Gasteiger partial charge on any atom is -0.480 e. The Bertz CT molecular complexity index is 1130. The minimum absolute atomic E-state index is 0.240. The molecule has 1 atom stereocenters. The van der Waals surface area contributed by atoms with E-state index in [2.05, 4.69) is 16.0 Å². The second-order valence-electron chi connectivity index (χ2n) is 7.77. The molecule has 0 aliphatic rings. The Morgan fingerprint density at radius 1 is 0.758 bits per heavy atom. The summed E-state index contributed by atoms with van der Waals surface area (Å²) in [4.78, 5) is 35.7. The predicted molar refractivity (Wildman–Crippen MR) is 125 cm³/mol. The van der Waals surface area contributed by atoms with Crippen molar-refractivity contribution in [1.29, 1.82) is 0 Å². The Kier molecular flexibility index (Phi) is 7.40. The molecule has 0 heterocycles. The van der Waals surface area contributed by atoms with Gasteiger partial charge in [0.25, 0.3) is 5.91 Å². The van der Waals surface area contributed by atoms with Gasteiger partial charge in [0.2, 0.25) is 0 Å². The van der Waals surface area contributed by atoms with Gasteiger partial charge in [0.05, 0.1) is 0 Å². The lowest BCUT2D eigenvalue weighted by atomic mass is 10.0. The fraction of sp³-hybridized carbons (Fsp3) is 0.160. The molecule has 0 unspecified atom stereocenters. The number of benzene rings is 3. The van der Waals surface area contributed by atoms with Crippen molar-refractivity contribution in [2.75, 3.05) is 10.6 Å². The highest BCUT2D eigenvalue weighted by Crippen LogP contribution is 2.22. The second-order valence-corrected chi connectivity index (χ2v) is 7.77. The van der Waals surface area contributed by atoms with Gasteiger partial charge in [-0.3, -0.25) is 4.79 Å². The molecule has 0 saturated heterocycles. The molecule has 0 saturated carbocycles. The number of carbonyl (C=O) groups excluding carboxylic acids is 2. The molecule has 7 nitrogen and oxygen atoms in total. The van der Waals surface area contributed by atoms with Gasteiger partial charge in [-0.25, -0.2) is 14.0 Å². The van der Waals surface area contributed by atoms with Gasteiger partial charge < -0.3 is 21.1 Å². The number of hydrogen-bond donors (Lipinski definition) is 4. The number of nitrogens with one attached hydrogen (secondary N) is 3. The second kappa shape index (κ2) is 10.4. The number of urea groups is 1. The number of carboxylic acid groups (broad SMARTS) is 1. The first-order chi connectivity index (χ1) is 15.7. The van der Waals surface area contributed by atoms with Crippen molar-refractivity contribution < 1.29 is 23.9 Å². The van der Waals surface area contributed by atoms with Crippen LogP contribution in [0.2, 0.25) is 0 Å². The summed E-state index contributed by atoms with van der Waals surface area (Å²) >= 11 is 0. The standard InChI is InChI=1S/C25H24FN3O4/c1-15(2)22(24(31)32)29-23(30)18-5-3-16(4-6-18)17-7-11-20(12-8-17)27-25(33)28-21-13-9-19(26)10-14-21/h3-15,22H,1-2H3,(H,29,30)(H,31,32)(H2,27,28,33)/t22-/m0/s1. The smallest absolute Gasteiger partial charge is 0.326 e. The Morgan fingerprint density at radius 2 is 1.21 bits per heavy atom. The Balaban J connectivity index is 1.61. The third kappa shape index (κ3) is 6.39. The van der Waals surface area contributed by atoms with E-state index >= 15 is 0 Å². The van der Waals surface area contributed by atoms with Crippen LogP contribution in [0, 0.1) is 11.7 Å². The highest BCUT2D eigenvalue weighted by Gasteiger charge is 2.23. The molecule has 0 radical (unpaired) electrons. The molecule has 0 spiro atoms. The lowest BCUT2D eigenvalue weighted by Gasteiger charge is -2.18. The van der Waals surface area contributed by atoms with Crippen LogP contribution in [0.25, 0.3) is 11.1 Å². The fourth-order valence-corrected chi connectivity index (χ4v) is 3.12. The first-order valence-electron chi connectivity index (χ1n) is 10.3. The van der Waals surface area contributed by atoms with Crippen molar-refractivity contribution in [2.24, 2.45) is 5.92 Å². The van der Waals surface area contributed by atoms with Gasteiger partial charge in [-0.05, 0) is 65.6 Å². The molecule has 170 valence electrons. The molecule has 0 fully saturated rings. The molecule has 3 aromatic carbocycles. The quantitative estimate of drug-likeness (QED) is 0.408. The van der Waals surface area contributed by atoms with Gasteiger partial charge in [-0.1, -0.05) is 38.1 Å². The largest absolute Gasteiger partial charge is 0.480 e. The van der Waals surface area contributed by atoms with E-state index in [0.29, 0.717) is 16.9 Å². The summed E-state index contributed by atoms with van der Waals surface area (Å²) in [5.41, 5.74) is 3.13. The zero-order valence-corrected chi connectivity index (χ0v) is 18.1. The SMILES string of the molecule is CC(C)[C@H](NC(=O)c1ccc(-c2ccc(NC(=O)Nc3ccc(F)cc3)cc2)cc1)C(=O)O. The zero-order valence-electron chi connectivity index (χ0n) is 18.1. The fourth-order valence-electron chi connectivity index (χ4n) is 3.12. The third-order valence-corrected chi connectivity index (χ3v) is 4.94. The van der Waals surface area contributed by atoms with Crippen molar-refractivity contribution in [3.05, 3.63) is 84.2 Å². The van der Waals surface area contributed by atoms with E-state index in [0.717, 1.165) is 11.1 Å². The van der Waals surface area contributed by atoms with Crippen LogP contribution in [0.3, 0.4) is 0 Å². The average molecular weight is 449 g/mol. The summed E-state index contributed by atoms with van der Waals surface area (Å²) in [7, 11) is 0. The van der Waals surface area contributed by atoms with Crippen LogP contribution < -0.4 is 16.0 Å².